The van der Waals surface area contributed by atoms with Crippen LogP contribution in [0.4, 0.5) is 0 Å². The van der Waals surface area contributed by atoms with E-state index >= 15 is 0 Å². The first-order valence-electron chi connectivity index (χ1n) is 5.58. The van der Waals surface area contributed by atoms with Gasteiger partial charge in [-0.3, -0.25) is 4.68 Å². The van der Waals surface area contributed by atoms with Crippen molar-refractivity contribution in [2.45, 2.75) is 26.5 Å². The summed E-state index contributed by atoms with van der Waals surface area (Å²) in [7, 11) is 0. The molecule has 0 fully saturated rings. The van der Waals surface area contributed by atoms with Crippen LogP contribution in [0.3, 0.4) is 0 Å². The molecule has 1 unspecified atom stereocenters. The van der Waals surface area contributed by atoms with Crippen LogP contribution in [0.2, 0.25) is 5.02 Å². The minimum absolute atomic E-state index is 0.585. The van der Waals surface area contributed by atoms with Crippen molar-refractivity contribution in [1.82, 2.24) is 9.78 Å². The Labute approximate surface area is 106 Å². The third kappa shape index (κ3) is 2.51. The van der Waals surface area contributed by atoms with E-state index in [9.17, 15) is 5.11 Å². The molecule has 90 valence electrons. The van der Waals surface area contributed by atoms with Crippen LogP contribution >= 0.6 is 11.6 Å². The molecule has 1 atom stereocenters. The summed E-state index contributed by atoms with van der Waals surface area (Å²) in [5.74, 6) is 0. The van der Waals surface area contributed by atoms with Crippen LogP contribution in [0.5, 0.6) is 0 Å². The Morgan fingerprint density at radius 3 is 2.82 bits per heavy atom. The second-order valence-corrected chi connectivity index (χ2v) is 4.46. The van der Waals surface area contributed by atoms with Gasteiger partial charge in [-0.15, -0.1) is 0 Å². The number of rotatable bonds is 3. The number of aryl methyl sites for hydroxylation is 2. The van der Waals surface area contributed by atoms with Crippen LogP contribution in [0.25, 0.3) is 0 Å². The Morgan fingerprint density at radius 2 is 2.24 bits per heavy atom. The fourth-order valence-electron chi connectivity index (χ4n) is 1.73. The zero-order chi connectivity index (χ0) is 12.4. The number of nitrogens with zero attached hydrogens (tertiary/aromatic N) is 2. The van der Waals surface area contributed by atoms with Gasteiger partial charge in [0.2, 0.25) is 0 Å². The molecule has 0 spiro atoms. The average molecular weight is 251 g/mol. The highest BCUT2D eigenvalue weighted by molar-refractivity contribution is 6.31. The summed E-state index contributed by atoms with van der Waals surface area (Å²) in [5.41, 5.74) is 2.56. The Morgan fingerprint density at radius 1 is 1.47 bits per heavy atom. The maximum Gasteiger partial charge on any atom is 0.109 e. The van der Waals surface area contributed by atoms with Crippen LogP contribution < -0.4 is 0 Å². The number of halogens is 1. The zero-order valence-corrected chi connectivity index (χ0v) is 10.6. The highest BCUT2D eigenvalue weighted by Gasteiger charge is 2.15. The van der Waals surface area contributed by atoms with Gasteiger partial charge in [-0.05, 0) is 25.5 Å². The van der Waals surface area contributed by atoms with E-state index in [2.05, 4.69) is 5.10 Å². The lowest BCUT2D eigenvalue weighted by atomic mass is 10.0. The SMILES string of the molecule is CCn1cc(C(O)c2ccc(C)cc2Cl)cn1. The van der Waals surface area contributed by atoms with Crippen LogP contribution in [0.15, 0.2) is 30.6 Å². The van der Waals surface area contributed by atoms with Gasteiger partial charge < -0.3 is 5.11 Å². The van der Waals surface area contributed by atoms with Crippen molar-refractivity contribution < 1.29 is 5.11 Å². The number of hydrogen-bond acceptors (Lipinski definition) is 2. The molecular formula is C13H15ClN2O. The second-order valence-electron chi connectivity index (χ2n) is 4.06. The van der Waals surface area contributed by atoms with Crippen molar-refractivity contribution >= 4 is 11.6 Å². The number of aliphatic hydroxyl groups is 1. The van der Waals surface area contributed by atoms with Gasteiger partial charge in [0.25, 0.3) is 0 Å². The molecule has 1 aromatic carbocycles. The molecule has 4 heteroatoms. The lowest BCUT2D eigenvalue weighted by molar-refractivity contribution is 0.220. The number of aliphatic hydroxyl groups excluding tert-OH is 1. The van der Waals surface area contributed by atoms with Crippen molar-refractivity contribution in [2.24, 2.45) is 0 Å². The topological polar surface area (TPSA) is 38.0 Å². The summed E-state index contributed by atoms with van der Waals surface area (Å²) >= 11 is 6.13. The molecule has 2 rings (SSSR count). The summed E-state index contributed by atoms with van der Waals surface area (Å²) in [6.45, 7) is 4.76. The van der Waals surface area contributed by atoms with E-state index in [4.69, 9.17) is 11.6 Å². The molecule has 3 nitrogen and oxygen atoms in total. The van der Waals surface area contributed by atoms with Crippen LogP contribution in [0.1, 0.15) is 29.7 Å². The van der Waals surface area contributed by atoms with Crippen molar-refractivity contribution in [3.05, 3.63) is 52.3 Å². The van der Waals surface area contributed by atoms with Crippen LogP contribution in [0, 0.1) is 6.92 Å². The van der Waals surface area contributed by atoms with E-state index in [-0.39, 0.29) is 0 Å². The molecule has 0 radical (unpaired) electrons. The molecule has 1 aromatic heterocycles. The molecular weight excluding hydrogens is 236 g/mol. The van der Waals surface area contributed by atoms with Gasteiger partial charge in [-0.25, -0.2) is 0 Å². The summed E-state index contributed by atoms with van der Waals surface area (Å²) in [6, 6.07) is 5.64. The number of hydrogen-bond donors (Lipinski definition) is 1. The first-order chi connectivity index (χ1) is 8.11. The van der Waals surface area contributed by atoms with Crippen molar-refractivity contribution in [1.29, 1.82) is 0 Å². The summed E-state index contributed by atoms with van der Waals surface area (Å²) < 4.78 is 1.78. The maximum absolute atomic E-state index is 10.2. The van der Waals surface area contributed by atoms with Gasteiger partial charge in [0, 0.05) is 28.9 Å². The molecule has 1 heterocycles. The maximum atomic E-state index is 10.2. The summed E-state index contributed by atoms with van der Waals surface area (Å²) in [5, 5.41) is 15.0. The summed E-state index contributed by atoms with van der Waals surface area (Å²) in [4.78, 5) is 0. The van der Waals surface area contributed by atoms with E-state index in [0.717, 1.165) is 17.7 Å². The normalized spacial score (nSPS) is 12.7. The van der Waals surface area contributed by atoms with Crippen molar-refractivity contribution in [2.75, 3.05) is 0 Å². The minimum Gasteiger partial charge on any atom is -0.383 e. The van der Waals surface area contributed by atoms with Crippen molar-refractivity contribution in [3.63, 3.8) is 0 Å². The lowest BCUT2D eigenvalue weighted by Gasteiger charge is -2.11. The van der Waals surface area contributed by atoms with E-state index < -0.39 is 6.10 Å². The quantitative estimate of drug-likeness (QED) is 0.910. The Bertz CT molecular complexity index is 522. The van der Waals surface area contributed by atoms with E-state index in [0.29, 0.717) is 10.6 Å². The van der Waals surface area contributed by atoms with E-state index in [1.807, 2.05) is 38.2 Å². The van der Waals surface area contributed by atoms with Crippen LogP contribution in [-0.4, -0.2) is 14.9 Å². The van der Waals surface area contributed by atoms with Gasteiger partial charge in [0.05, 0.1) is 6.20 Å². The molecule has 2 aromatic rings. The molecule has 0 aliphatic rings. The Hall–Kier alpha value is -1.32. The molecule has 0 aliphatic carbocycles. The molecule has 0 saturated heterocycles. The highest BCUT2D eigenvalue weighted by Crippen LogP contribution is 2.28. The molecule has 0 bridgehead atoms. The third-order valence-electron chi connectivity index (χ3n) is 2.74. The number of benzene rings is 1. The van der Waals surface area contributed by atoms with E-state index in [1.165, 1.54) is 0 Å². The fraction of sp³-hybridized carbons (Fsp3) is 0.308. The van der Waals surface area contributed by atoms with Crippen LogP contribution in [-0.2, 0) is 6.54 Å². The predicted octanol–water partition coefficient (Wildman–Crippen LogP) is 2.95. The molecule has 0 aliphatic heterocycles. The minimum atomic E-state index is -0.719. The smallest absolute Gasteiger partial charge is 0.109 e. The Balaban J connectivity index is 2.33. The number of aromatic nitrogens is 2. The van der Waals surface area contributed by atoms with Crippen molar-refractivity contribution in [3.8, 4) is 0 Å². The second kappa shape index (κ2) is 4.90. The zero-order valence-electron chi connectivity index (χ0n) is 9.89. The van der Waals surface area contributed by atoms with E-state index in [1.54, 1.807) is 10.9 Å². The fourth-order valence-corrected chi connectivity index (χ4v) is 2.07. The largest absolute Gasteiger partial charge is 0.383 e. The molecule has 0 amide bonds. The highest BCUT2D eigenvalue weighted by atomic mass is 35.5. The van der Waals surface area contributed by atoms with Gasteiger partial charge in [0.1, 0.15) is 6.10 Å². The lowest BCUT2D eigenvalue weighted by Crippen LogP contribution is -2.00. The standard InChI is InChI=1S/C13H15ClN2O/c1-3-16-8-10(7-15-16)13(17)11-5-4-9(2)6-12(11)14/h4-8,13,17H,3H2,1-2H3. The predicted molar refractivity (Wildman–Crippen MR) is 68.2 cm³/mol. The van der Waals surface area contributed by atoms with Gasteiger partial charge in [-0.2, -0.15) is 5.10 Å². The monoisotopic (exact) mass is 250 g/mol. The molecule has 1 N–H and O–H groups in total. The van der Waals surface area contributed by atoms with Gasteiger partial charge in [-0.1, -0.05) is 23.7 Å². The molecule has 0 saturated carbocycles. The first kappa shape index (κ1) is 12.1. The first-order valence-corrected chi connectivity index (χ1v) is 5.96. The third-order valence-corrected chi connectivity index (χ3v) is 3.07. The van der Waals surface area contributed by atoms with Gasteiger partial charge >= 0.3 is 0 Å². The van der Waals surface area contributed by atoms with Gasteiger partial charge in [0.15, 0.2) is 0 Å². The molecule has 17 heavy (non-hydrogen) atoms. The summed E-state index contributed by atoms with van der Waals surface area (Å²) in [6.07, 6.45) is 2.79. The Kier molecular flexibility index (Phi) is 3.50. The average Bonchev–Trinajstić information content (AvgIpc) is 2.76.